The second-order valence-electron chi connectivity index (χ2n) is 11.7. The van der Waals surface area contributed by atoms with E-state index in [1.165, 1.54) is 5.57 Å². The van der Waals surface area contributed by atoms with E-state index >= 15 is 0 Å². The van der Waals surface area contributed by atoms with Crippen LogP contribution in [-0.4, -0.2) is 59.0 Å². The molecule has 2 saturated heterocycles. The summed E-state index contributed by atoms with van der Waals surface area (Å²) in [5.74, 6) is 1.12. The molecule has 0 unspecified atom stereocenters. The first-order valence-corrected chi connectivity index (χ1v) is 13.8. The number of hydrogen-bond acceptors (Lipinski definition) is 5. The summed E-state index contributed by atoms with van der Waals surface area (Å²) in [4.78, 5) is 27.0. The van der Waals surface area contributed by atoms with E-state index in [-0.39, 0.29) is 23.5 Å². The number of ketones is 1. The van der Waals surface area contributed by atoms with E-state index in [9.17, 15) is 14.7 Å². The third-order valence-corrected chi connectivity index (χ3v) is 10.4. The summed E-state index contributed by atoms with van der Waals surface area (Å²) in [6.45, 7) is 6.05. The predicted molar refractivity (Wildman–Crippen MR) is 150 cm³/mol. The Morgan fingerprint density at radius 2 is 2.13 bits per heavy atom. The number of methoxy groups -OCH3 is 1. The van der Waals surface area contributed by atoms with Crippen LogP contribution in [0.25, 0.3) is 10.9 Å². The maximum absolute atomic E-state index is 14.4. The molecule has 0 amide bonds. The highest BCUT2D eigenvalue weighted by molar-refractivity contribution is 6.10. The number of quaternary nitrogens is 1. The van der Waals surface area contributed by atoms with Crippen LogP contribution in [-0.2, 0) is 17.3 Å². The second kappa shape index (κ2) is 8.09. The van der Waals surface area contributed by atoms with Crippen molar-refractivity contribution in [3.05, 3.63) is 76.1 Å². The summed E-state index contributed by atoms with van der Waals surface area (Å²) in [5, 5.41) is 15.2. The first-order valence-electron chi connectivity index (χ1n) is 13.8. The number of rotatable bonds is 5. The molecular weight excluding hydrogens is 490 g/mol. The molecule has 2 fully saturated rings. The fourth-order valence-corrected chi connectivity index (χ4v) is 8.58. The van der Waals surface area contributed by atoms with Gasteiger partial charge in [0.05, 0.1) is 30.3 Å². The van der Waals surface area contributed by atoms with Crippen LogP contribution in [0, 0.1) is 12.8 Å². The van der Waals surface area contributed by atoms with Crippen LogP contribution < -0.4 is 10.1 Å². The van der Waals surface area contributed by atoms with E-state index in [4.69, 9.17) is 4.74 Å². The van der Waals surface area contributed by atoms with Crippen molar-refractivity contribution in [2.45, 2.75) is 38.1 Å². The van der Waals surface area contributed by atoms with Gasteiger partial charge in [0.15, 0.2) is 0 Å². The largest absolute Gasteiger partial charge is 0.506 e. The quantitative estimate of drug-likeness (QED) is 0.165. The summed E-state index contributed by atoms with van der Waals surface area (Å²) in [6, 6.07) is 11.7. The fraction of sp³-hybridized carbons (Fsp3) is 0.375. The number of benzene rings is 2. The molecule has 7 rings (SSSR count). The SMILES string of the molecule is C/C=C1/C[N@@+]2(CC(=O)c3c(C)n(C)c4ccc(OC)cc34)CC[C@]34C(=C(C=O)[C@H]1C[C@@H]32)Nc1c(O)cccc14. The van der Waals surface area contributed by atoms with Crippen LogP contribution in [0.1, 0.15) is 41.4 Å². The molecule has 3 aliphatic heterocycles. The van der Waals surface area contributed by atoms with E-state index in [0.29, 0.717) is 16.7 Å². The summed E-state index contributed by atoms with van der Waals surface area (Å²) in [7, 11) is 3.66. The Kier molecular flexibility index (Phi) is 5.02. The van der Waals surface area contributed by atoms with Crippen LogP contribution in [0.4, 0.5) is 5.69 Å². The molecular formula is C32H34N3O4+. The van der Waals surface area contributed by atoms with Gasteiger partial charge in [0.2, 0.25) is 5.78 Å². The smallest absolute Gasteiger partial charge is 0.219 e. The molecule has 4 atom stereocenters. The number of ether oxygens (including phenoxy) is 1. The molecule has 0 radical (unpaired) electrons. The number of phenols is 1. The molecule has 0 saturated carbocycles. The Bertz CT molecular complexity index is 1660. The Morgan fingerprint density at radius 1 is 1.31 bits per heavy atom. The number of anilines is 1. The molecule has 7 heteroatoms. The number of carbonyl (C=O) groups is 2. The van der Waals surface area contributed by atoms with Crippen molar-refractivity contribution in [2.24, 2.45) is 13.0 Å². The number of aryl methyl sites for hydroxylation is 1. The van der Waals surface area contributed by atoms with Crippen LogP contribution >= 0.6 is 0 Å². The van der Waals surface area contributed by atoms with Gasteiger partial charge in [-0.25, -0.2) is 0 Å². The number of aromatic hydroxyl groups is 1. The number of carbonyl (C=O) groups excluding carboxylic acids is 2. The minimum atomic E-state index is -0.405. The monoisotopic (exact) mass is 524 g/mol. The van der Waals surface area contributed by atoms with Crippen LogP contribution in [0.3, 0.4) is 0 Å². The first kappa shape index (κ1) is 24.2. The molecule has 2 aromatic carbocycles. The number of para-hydroxylation sites is 1. The average molecular weight is 525 g/mol. The number of aromatic nitrogens is 1. The van der Waals surface area contributed by atoms with Gasteiger partial charge in [-0.15, -0.1) is 0 Å². The highest BCUT2D eigenvalue weighted by atomic mass is 16.5. The number of piperidine rings is 1. The molecule has 3 aromatic rings. The Labute approximate surface area is 228 Å². The van der Waals surface area contributed by atoms with Gasteiger partial charge in [-0.3, -0.25) is 9.59 Å². The normalized spacial score (nSPS) is 29.4. The highest BCUT2D eigenvalue weighted by Crippen LogP contribution is 2.64. The summed E-state index contributed by atoms with van der Waals surface area (Å²) < 4.78 is 8.26. The molecule has 7 nitrogen and oxygen atoms in total. The zero-order valence-electron chi connectivity index (χ0n) is 22.9. The van der Waals surface area contributed by atoms with Crippen molar-refractivity contribution in [2.75, 3.05) is 32.1 Å². The number of nitrogens with one attached hydrogen (secondary N) is 1. The number of allylic oxidation sites excluding steroid dienone is 2. The minimum Gasteiger partial charge on any atom is -0.506 e. The number of hydrogen-bond donors (Lipinski definition) is 2. The van der Waals surface area contributed by atoms with E-state index in [0.717, 1.165) is 77.0 Å². The van der Waals surface area contributed by atoms with Gasteiger partial charge >= 0.3 is 0 Å². The van der Waals surface area contributed by atoms with Crippen molar-refractivity contribution in [1.82, 2.24) is 4.57 Å². The number of phenolic OH excluding ortho intramolecular Hbond substituents is 1. The molecule has 1 spiro atoms. The first-order chi connectivity index (χ1) is 18.8. The van der Waals surface area contributed by atoms with Crippen LogP contribution in [0.5, 0.6) is 11.5 Å². The second-order valence-corrected chi connectivity index (χ2v) is 11.7. The summed E-state index contributed by atoms with van der Waals surface area (Å²) in [5.41, 5.74) is 7.08. The van der Waals surface area contributed by atoms with Crippen molar-refractivity contribution in [1.29, 1.82) is 0 Å². The standard InChI is InChI=1S/C32H33N3O4/c1-5-19-15-35(16-27(38)29-18(2)34(3)25-10-9-20(39-4)13-22(25)29)12-11-32-24-7-6-8-26(37)30(24)33-31(32)23(17-36)21(19)14-28(32)35/h5-10,13,17,21,28H,11-12,14-16H2,1-4H3,(H-,33,36,37)/p+1/b19-5-/t21-,28-,32+,35+/m0/s1. The van der Waals surface area contributed by atoms with Gasteiger partial charge in [-0.05, 0) is 49.2 Å². The predicted octanol–water partition coefficient (Wildman–Crippen LogP) is 4.77. The van der Waals surface area contributed by atoms with Crippen LogP contribution in [0.2, 0.25) is 0 Å². The summed E-state index contributed by atoms with van der Waals surface area (Å²) in [6.07, 6.45) is 4.82. The van der Waals surface area contributed by atoms with Crippen LogP contribution in [0.15, 0.2) is 59.3 Å². The highest BCUT2D eigenvalue weighted by Gasteiger charge is 2.69. The average Bonchev–Trinajstić information content (AvgIpc) is 3.55. The van der Waals surface area contributed by atoms with E-state index < -0.39 is 5.41 Å². The number of aldehydes is 1. The molecule has 4 aliphatic rings. The fourth-order valence-electron chi connectivity index (χ4n) is 8.58. The number of fused-ring (bicyclic) bond motifs is 3. The minimum absolute atomic E-state index is 0.0348. The third-order valence-electron chi connectivity index (χ3n) is 10.4. The maximum Gasteiger partial charge on any atom is 0.219 e. The van der Waals surface area contributed by atoms with Crippen molar-refractivity contribution >= 4 is 28.7 Å². The van der Waals surface area contributed by atoms with E-state index in [1.807, 2.05) is 45.2 Å². The van der Waals surface area contributed by atoms with Crippen molar-refractivity contribution in [3.63, 3.8) is 0 Å². The van der Waals surface area contributed by atoms with Gasteiger partial charge < -0.3 is 24.2 Å². The van der Waals surface area contributed by atoms with Gasteiger partial charge in [0, 0.05) is 53.7 Å². The number of Topliss-reactive ketones (excluding diaryl/α,β-unsaturated/α-hetero) is 1. The molecule has 39 heavy (non-hydrogen) atoms. The van der Waals surface area contributed by atoms with Crippen molar-refractivity contribution in [3.8, 4) is 11.5 Å². The van der Waals surface area contributed by atoms with Gasteiger partial charge in [0.1, 0.15) is 36.9 Å². The summed E-state index contributed by atoms with van der Waals surface area (Å²) >= 11 is 0. The molecule has 2 bridgehead atoms. The molecule has 200 valence electrons. The number of nitrogens with zero attached hydrogens (tertiary/aromatic N) is 2. The van der Waals surface area contributed by atoms with Gasteiger partial charge in [0.25, 0.3) is 0 Å². The Hall–Kier alpha value is -3.84. The Morgan fingerprint density at radius 3 is 2.87 bits per heavy atom. The third kappa shape index (κ3) is 2.91. The molecule has 1 aromatic heterocycles. The van der Waals surface area contributed by atoms with E-state index in [1.54, 1.807) is 13.2 Å². The Balaban J connectivity index is 1.39. The lowest BCUT2D eigenvalue weighted by Crippen LogP contribution is -2.64. The zero-order chi connectivity index (χ0) is 27.3. The zero-order valence-corrected chi connectivity index (χ0v) is 22.9. The lowest BCUT2D eigenvalue weighted by Gasteiger charge is -2.53. The molecule has 1 aliphatic carbocycles. The molecule has 2 N–H and O–H groups in total. The molecule has 4 heterocycles. The lowest BCUT2D eigenvalue weighted by molar-refractivity contribution is -0.934. The lowest BCUT2D eigenvalue weighted by atomic mass is 9.61. The topological polar surface area (TPSA) is 80.6 Å². The maximum atomic E-state index is 14.4. The van der Waals surface area contributed by atoms with Gasteiger partial charge in [-0.2, -0.15) is 0 Å². The van der Waals surface area contributed by atoms with Gasteiger partial charge in [-0.1, -0.05) is 18.2 Å². The van der Waals surface area contributed by atoms with Crippen molar-refractivity contribution < 1.29 is 23.9 Å². The van der Waals surface area contributed by atoms with E-state index in [2.05, 4.69) is 22.0 Å².